The van der Waals surface area contributed by atoms with Crippen LogP contribution in [0.5, 0.6) is 0 Å². The van der Waals surface area contributed by atoms with E-state index >= 15 is 0 Å². The Kier molecular flexibility index (Phi) is 3.18. The van der Waals surface area contributed by atoms with Gasteiger partial charge in [-0.3, -0.25) is 0 Å². The third-order valence-electron chi connectivity index (χ3n) is 3.68. The molecule has 1 nitrogen and oxygen atoms in total. The molecule has 0 radical (unpaired) electrons. The van der Waals surface area contributed by atoms with Crippen molar-refractivity contribution in [2.75, 3.05) is 0 Å². The van der Waals surface area contributed by atoms with Crippen LogP contribution in [0.3, 0.4) is 0 Å². The highest BCUT2D eigenvalue weighted by molar-refractivity contribution is 7.08. The van der Waals surface area contributed by atoms with Gasteiger partial charge in [-0.25, -0.2) is 4.39 Å². The second-order valence-corrected chi connectivity index (χ2v) is 5.64. The highest BCUT2D eigenvalue weighted by Gasteiger charge is 2.22. The summed E-state index contributed by atoms with van der Waals surface area (Å²) < 4.78 is 13.1. The van der Waals surface area contributed by atoms with Crippen LogP contribution in [0.2, 0.25) is 0 Å². The van der Waals surface area contributed by atoms with Gasteiger partial charge in [0.25, 0.3) is 0 Å². The second-order valence-electron chi connectivity index (χ2n) is 4.90. The van der Waals surface area contributed by atoms with E-state index in [2.05, 4.69) is 23.0 Å². The van der Waals surface area contributed by atoms with E-state index in [9.17, 15) is 4.39 Å². The molecule has 1 N–H and O–H groups in total. The highest BCUT2D eigenvalue weighted by Crippen LogP contribution is 2.31. The number of rotatable bonds is 3. The maximum Gasteiger partial charge on any atom is 0.123 e. The van der Waals surface area contributed by atoms with E-state index in [1.165, 1.54) is 16.7 Å². The largest absolute Gasteiger partial charge is 0.306 e. The summed E-state index contributed by atoms with van der Waals surface area (Å²) in [6.45, 7) is 3.04. The third-order valence-corrected chi connectivity index (χ3v) is 4.59. The number of thiophene rings is 1. The first-order valence-corrected chi connectivity index (χ1v) is 7.21. The van der Waals surface area contributed by atoms with Gasteiger partial charge >= 0.3 is 0 Å². The average molecular weight is 261 g/mol. The number of hydrogen-bond acceptors (Lipinski definition) is 2. The van der Waals surface area contributed by atoms with Gasteiger partial charge in [0, 0.05) is 12.6 Å². The minimum atomic E-state index is -0.122. The Bertz CT molecular complexity index is 561. The lowest BCUT2D eigenvalue weighted by Gasteiger charge is -2.14. The molecule has 0 aliphatic heterocycles. The SMILES string of the molecule is Cc1cscc1CNC1CCc2cc(F)ccc21. The number of benzene rings is 1. The van der Waals surface area contributed by atoms with Crippen molar-refractivity contribution in [1.29, 1.82) is 0 Å². The van der Waals surface area contributed by atoms with Crippen molar-refractivity contribution >= 4 is 11.3 Å². The molecule has 0 saturated heterocycles. The van der Waals surface area contributed by atoms with E-state index in [-0.39, 0.29) is 5.82 Å². The van der Waals surface area contributed by atoms with E-state index in [1.807, 2.05) is 6.07 Å². The Morgan fingerprint density at radius 3 is 3.06 bits per heavy atom. The fourth-order valence-electron chi connectivity index (χ4n) is 2.60. The van der Waals surface area contributed by atoms with Crippen molar-refractivity contribution in [3.63, 3.8) is 0 Å². The van der Waals surface area contributed by atoms with Crippen molar-refractivity contribution < 1.29 is 4.39 Å². The van der Waals surface area contributed by atoms with Crippen LogP contribution in [0, 0.1) is 12.7 Å². The van der Waals surface area contributed by atoms with Crippen LogP contribution < -0.4 is 5.32 Å². The summed E-state index contributed by atoms with van der Waals surface area (Å²) in [6.07, 6.45) is 2.05. The number of hydrogen-bond donors (Lipinski definition) is 1. The first kappa shape index (κ1) is 11.9. The van der Waals surface area contributed by atoms with E-state index in [0.717, 1.165) is 24.9 Å². The van der Waals surface area contributed by atoms with Crippen molar-refractivity contribution in [2.24, 2.45) is 0 Å². The molecule has 0 bridgehead atoms. The molecule has 1 atom stereocenters. The first-order valence-electron chi connectivity index (χ1n) is 6.27. The Labute approximate surface area is 111 Å². The number of halogens is 1. The molecular formula is C15H16FNS. The first-order chi connectivity index (χ1) is 8.74. The van der Waals surface area contributed by atoms with Crippen LogP contribution >= 0.6 is 11.3 Å². The zero-order valence-electron chi connectivity index (χ0n) is 10.4. The number of nitrogens with one attached hydrogen (secondary N) is 1. The predicted octanol–water partition coefficient (Wildman–Crippen LogP) is 3.97. The molecule has 1 unspecified atom stereocenters. The molecule has 1 heterocycles. The third kappa shape index (κ3) is 2.20. The smallest absolute Gasteiger partial charge is 0.123 e. The maximum absolute atomic E-state index is 13.1. The Balaban J connectivity index is 1.71. The predicted molar refractivity (Wildman–Crippen MR) is 73.4 cm³/mol. The van der Waals surface area contributed by atoms with Gasteiger partial charge in [-0.1, -0.05) is 6.07 Å². The minimum Gasteiger partial charge on any atom is -0.306 e. The van der Waals surface area contributed by atoms with Crippen molar-refractivity contribution in [3.05, 3.63) is 57.0 Å². The zero-order chi connectivity index (χ0) is 12.5. The lowest BCUT2D eigenvalue weighted by atomic mass is 10.1. The standard InChI is InChI=1S/C15H16FNS/c1-10-8-18-9-12(10)7-17-15-5-2-11-6-13(16)3-4-14(11)15/h3-4,6,8-9,15,17H,2,5,7H2,1H3. The molecule has 18 heavy (non-hydrogen) atoms. The van der Waals surface area contributed by atoms with Gasteiger partial charge in [0.05, 0.1) is 0 Å². The lowest BCUT2D eigenvalue weighted by Crippen LogP contribution is -2.18. The van der Waals surface area contributed by atoms with E-state index in [4.69, 9.17) is 0 Å². The van der Waals surface area contributed by atoms with Crippen molar-refractivity contribution in [3.8, 4) is 0 Å². The summed E-state index contributed by atoms with van der Waals surface area (Å²) in [6, 6.07) is 5.54. The van der Waals surface area contributed by atoms with Crippen LogP contribution in [0.1, 0.15) is 34.7 Å². The summed E-state index contributed by atoms with van der Waals surface area (Å²) in [4.78, 5) is 0. The zero-order valence-corrected chi connectivity index (χ0v) is 11.2. The summed E-state index contributed by atoms with van der Waals surface area (Å²) in [5.74, 6) is -0.122. The van der Waals surface area contributed by atoms with Gasteiger partial charge in [-0.2, -0.15) is 11.3 Å². The van der Waals surface area contributed by atoms with Crippen LogP contribution in [0.25, 0.3) is 0 Å². The summed E-state index contributed by atoms with van der Waals surface area (Å²) in [5.41, 5.74) is 5.15. The lowest BCUT2D eigenvalue weighted by molar-refractivity contribution is 0.530. The van der Waals surface area contributed by atoms with Gasteiger partial charge < -0.3 is 5.32 Å². The molecule has 0 saturated carbocycles. The van der Waals surface area contributed by atoms with Gasteiger partial charge in [0.1, 0.15) is 5.82 Å². The van der Waals surface area contributed by atoms with Gasteiger partial charge in [-0.15, -0.1) is 0 Å². The molecular weight excluding hydrogens is 245 g/mol. The molecule has 0 spiro atoms. The molecule has 1 aromatic heterocycles. The second kappa shape index (κ2) is 4.82. The van der Waals surface area contributed by atoms with Crippen LogP contribution in [-0.2, 0) is 13.0 Å². The highest BCUT2D eigenvalue weighted by atomic mass is 32.1. The maximum atomic E-state index is 13.1. The summed E-state index contributed by atoms with van der Waals surface area (Å²) in [5, 5.41) is 7.96. The molecule has 1 aliphatic carbocycles. The molecule has 3 heteroatoms. The summed E-state index contributed by atoms with van der Waals surface area (Å²) in [7, 11) is 0. The molecule has 1 aromatic carbocycles. The van der Waals surface area contributed by atoms with Crippen molar-refractivity contribution in [2.45, 2.75) is 32.4 Å². The molecule has 0 amide bonds. The Morgan fingerprint density at radius 2 is 2.28 bits per heavy atom. The monoisotopic (exact) mass is 261 g/mol. The van der Waals surface area contributed by atoms with Gasteiger partial charge in [0.2, 0.25) is 0 Å². The fourth-order valence-corrected chi connectivity index (χ4v) is 3.46. The molecule has 1 aliphatic rings. The van der Waals surface area contributed by atoms with Gasteiger partial charge in [-0.05, 0) is 64.9 Å². The van der Waals surface area contributed by atoms with Crippen LogP contribution in [-0.4, -0.2) is 0 Å². The molecule has 3 rings (SSSR count). The van der Waals surface area contributed by atoms with Crippen LogP contribution in [0.4, 0.5) is 4.39 Å². The minimum absolute atomic E-state index is 0.122. The average Bonchev–Trinajstić information content (AvgIpc) is 2.93. The quantitative estimate of drug-likeness (QED) is 0.881. The molecule has 94 valence electrons. The van der Waals surface area contributed by atoms with E-state index < -0.39 is 0 Å². The Morgan fingerprint density at radius 1 is 1.39 bits per heavy atom. The summed E-state index contributed by atoms with van der Waals surface area (Å²) >= 11 is 1.75. The van der Waals surface area contributed by atoms with Crippen LogP contribution in [0.15, 0.2) is 29.0 Å². The topological polar surface area (TPSA) is 12.0 Å². The van der Waals surface area contributed by atoms with E-state index in [1.54, 1.807) is 23.5 Å². The normalized spacial score (nSPS) is 18.0. The van der Waals surface area contributed by atoms with E-state index in [0.29, 0.717) is 6.04 Å². The number of aryl methyl sites for hydroxylation is 2. The van der Waals surface area contributed by atoms with Gasteiger partial charge in [0.15, 0.2) is 0 Å². The number of fused-ring (bicyclic) bond motifs is 1. The molecule has 2 aromatic rings. The Hall–Kier alpha value is -1.19. The fraction of sp³-hybridized carbons (Fsp3) is 0.333. The van der Waals surface area contributed by atoms with Crippen molar-refractivity contribution in [1.82, 2.24) is 5.32 Å². The molecule has 0 fully saturated rings.